The van der Waals surface area contributed by atoms with E-state index in [2.05, 4.69) is 0 Å². The molecule has 110 valence electrons. The number of carbonyl (C=O) groups is 1. The summed E-state index contributed by atoms with van der Waals surface area (Å²) in [5.74, 6) is -1.21. The Morgan fingerprint density at radius 1 is 1.24 bits per heavy atom. The number of benzene rings is 2. The molecule has 4 heteroatoms. The summed E-state index contributed by atoms with van der Waals surface area (Å²) in [6, 6.07) is 11.9. The lowest BCUT2D eigenvalue weighted by Gasteiger charge is -2.09. The maximum atomic E-state index is 13.4. The number of carboxylic acid groups (broad SMARTS) is 1. The SMILES string of the molecule is Cc1ccc(OCc2ccc(C(C)C(=O)O)cc2)cc1F. The largest absolute Gasteiger partial charge is 0.489 e. The van der Waals surface area contributed by atoms with Crippen LogP contribution in [0.2, 0.25) is 0 Å². The highest BCUT2D eigenvalue weighted by Gasteiger charge is 2.12. The Hall–Kier alpha value is -2.36. The molecule has 0 aromatic heterocycles. The normalized spacial score (nSPS) is 12.0. The Kier molecular flexibility index (Phi) is 4.58. The van der Waals surface area contributed by atoms with Crippen molar-refractivity contribution in [3.8, 4) is 5.75 Å². The van der Waals surface area contributed by atoms with E-state index in [1.54, 1.807) is 38.1 Å². The molecule has 2 aromatic rings. The molecule has 0 saturated heterocycles. The molecule has 0 heterocycles. The molecule has 0 aliphatic heterocycles. The average Bonchev–Trinajstić information content (AvgIpc) is 2.48. The summed E-state index contributed by atoms with van der Waals surface area (Å²) in [4.78, 5) is 10.9. The van der Waals surface area contributed by atoms with Crippen LogP contribution in [0.1, 0.15) is 29.5 Å². The zero-order chi connectivity index (χ0) is 15.4. The van der Waals surface area contributed by atoms with Crippen molar-refractivity contribution < 1.29 is 19.0 Å². The van der Waals surface area contributed by atoms with Crippen LogP contribution in [0.3, 0.4) is 0 Å². The molecule has 0 aliphatic carbocycles. The minimum absolute atomic E-state index is 0.293. The number of aliphatic carboxylic acids is 1. The third-order valence-corrected chi connectivity index (χ3v) is 3.40. The van der Waals surface area contributed by atoms with Crippen molar-refractivity contribution in [3.63, 3.8) is 0 Å². The lowest BCUT2D eigenvalue weighted by atomic mass is 10.0. The van der Waals surface area contributed by atoms with Crippen LogP contribution >= 0.6 is 0 Å². The zero-order valence-electron chi connectivity index (χ0n) is 12.0. The molecule has 0 amide bonds. The van der Waals surface area contributed by atoms with Gasteiger partial charge >= 0.3 is 5.97 Å². The van der Waals surface area contributed by atoms with Crippen molar-refractivity contribution in [2.24, 2.45) is 0 Å². The van der Waals surface area contributed by atoms with Crippen LogP contribution in [0.5, 0.6) is 5.75 Å². The van der Waals surface area contributed by atoms with Gasteiger partial charge < -0.3 is 9.84 Å². The van der Waals surface area contributed by atoms with Gasteiger partial charge in [0.1, 0.15) is 18.2 Å². The summed E-state index contributed by atoms with van der Waals surface area (Å²) in [6.45, 7) is 3.65. The van der Waals surface area contributed by atoms with E-state index in [-0.39, 0.29) is 5.82 Å². The predicted molar refractivity (Wildman–Crippen MR) is 78.0 cm³/mol. The minimum Gasteiger partial charge on any atom is -0.489 e. The van der Waals surface area contributed by atoms with Crippen molar-refractivity contribution >= 4 is 5.97 Å². The van der Waals surface area contributed by atoms with Crippen molar-refractivity contribution in [1.82, 2.24) is 0 Å². The summed E-state index contributed by atoms with van der Waals surface area (Å²) < 4.78 is 18.9. The van der Waals surface area contributed by atoms with E-state index in [1.807, 2.05) is 12.1 Å². The number of aryl methyl sites for hydroxylation is 1. The monoisotopic (exact) mass is 288 g/mol. The molecule has 21 heavy (non-hydrogen) atoms. The van der Waals surface area contributed by atoms with E-state index >= 15 is 0 Å². The van der Waals surface area contributed by atoms with Gasteiger partial charge in [-0.05, 0) is 36.6 Å². The van der Waals surface area contributed by atoms with Gasteiger partial charge in [-0.15, -0.1) is 0 Å². The van der Waals surface area contributed by atoms with Gasteiger partial charge in [-0.1, -0.05) is 30.3 Å². The van der Waals surface area contributed by atoms with Crippen molar-refractivity contribution in [2.75, 3.05) is 0 Å². The standard InChI is InChI=1S/C17H17FO3/c1-11-3-8-15(9-16(11)18)21-10-13-4-6-14(7-5-13)12(2)17(19)20/h3-9,12H,10H2,1-2H3,(H,19,20). The average molecular weight is 288 g/mol. The first-order valence-corrected chi connectivity index (χ1v) is 6.68. The van der Waals surface area contributed by atoms with Gasteiger partial charge in [0.25, 0.3) is 0 Å². The molecule has 1 unspecified atom stereocenters. The fourth-order valence-electron chi connectivity index (χ4n) is 1.88. The van der Waals surface area contributed by atoms with Crippen molar-refractivity contribution in [2.45, 2.75) is 26.4 Å². The van der Waals surface area contributed by atoms with E-state index < -0.39 is 11.9 Å². The van der Waals surface area contributed by atoms with Crippen LogP contribution in [0.15, 0.2) is 42.5 Å². The Morgan fingerprint density at radius 3 is 2.48 bits per heavy atom. The van der Waals surface area contributed by atoms with E-state index in [4.69, 9.17) is 9.84 Å². The summed E-state index contributed by atoms with van der Waals surface area (Å²) in [5.41, 5.74) is 2.22. The van der Waals surface area contributed by atoms with Crippen LogP contribution in [0.4, 0.5) is 4.39 Å². The molecule has 0 spiro atoms. The fraction of sp³-hybridized carbons (Fsp3) is 0.235. The van der Waals surface area contributed by atoms with Crippen LogP contribution < -0.4 is 4.74 Å². The molecule has 0 bridgehead atoms. The van der Waals surface area contributed by atoms with Gasteiger partial charge in [0, 0.05) is 6.07 Å². The molecule has 1 N–H and O–H groups in total. The van der Waals surface area contributed by atoms with Crippen LogP contribution in [0.25, 0.3) is 0 Å². The lowest BCUT2D eigenvalue weighted by Crippen LogP contribution is -2.07. The molecule has 2 rings (SSSR count). The third kappa shape index (κ3) is 3.81. The predicted octanol–water partition coefficient (Wildman–Crippen LogP) is 3.90. The number of carboxylic acids is 1. The lowest BCUT2D eigenvalue weighted by molar-refractivity contribution is -0.138. The Labute approximate surface area is 123 Å². The number of hydrogen-bond donors (Lipinski definition) is 1. The molecule has 0 radical (unpaired) electrons. The van der Waals surface area contributed by atoms with Gasteiger partial charge in [-0.3, -0.25) is 4.79 Å². The second-order valence-electron chi connectivity index (χ2n) is 5.00. The Bertz CT molecular complexity index is 635. The second-order valence-corrected chi connectivity index (χ2v) is 5.00. The topological polar surface area (TPSA) is 46.5 Å². The molecule has 1 atom stereocenters. The Morgan fingerprint density at radius 2 is 1.90 bits per heavy atom. The summed E-state index contributed by atoms with van der Waals surface area (Å²) in [6.07, 6.45) is 0. The van der Waals surface area contributed by atoms with Gasteiger partial charge in [-0.25, -0.2) is 4.39 Å². The highest BCUT2D eigenvalue weighted by Crippen LogP contribution is 2.19. The van der Waals surface area contributed by atoms with E-state index in [1.165, 1.54) is 6.07 Å². The summed E-state index contributed by atoms with van der Waals surface area (Å²) in [7, 11) is 0. The van der Waals surface area contributed by atoms with Crippen LogP contribution in [-0.4, -0.2) is 11.1 Å². The van der Waals surface area contributed by atoms with E-state index in [9.17, 15) is 9.18 Å². The molecular weight excluding hydrogens is 271 g/mol. The summed E-state index contributed by atoms with van der Waals surface area (Å²) >= 11 is 0. The van der Waals surface area contributed by atoms with Crippen LogP contribution in [-0.2, 0) is 11.4 Å². The highest BCUT2D eigenvalue weighted by atomic mass is 19.1. The van der Waals surface area contributed by atoms with Crippen molar-refractivity contribution in [3.05, 3.63) is 65.0 Å². The van der Waals surface area contributed by atoms with Crippen molar-refractivity contribution in [1.29, 1.82) is 0 Å². The molecule has 3 nitrogen and oxygen atoms in total. The molecular formula is C17H17FO3. The molecule has 0 saturated carbocycles. The van der Waals surface area contributed by atoms with Gasteiger partial charge in [0.2, 0.25) is 0 Å². The third-order valence-electron chi connectivity index (χ3n) is 3.40. The zero-order valence-corrected chi connectivity index (χ0v) is 12.0. The fourth-order valence-corrected chi connectivity index (χ4v) is 1.88. The smallest absolute Gasteiger partial charge is 0.310 e. The van der Waals surface area contributed by atoms with E-state index in [0.29, 0.717) is 17.9 Å². The molecule has 2 aromatic carbocycles. The first-order valence-electron chi connectivity index (χ1n) is 6.68. The number of rotatable bonds is 5. The molecule has 0 aliphatic rings. The van der Waals surface area contributed by atoms with Gasteiger partial charge in [0.15, 0.2) is 0 Å². The number of halogens is 1. The van der Waals surface area contributed by atoms with Gasteiger partial charge in [-0.2, -0.15) is 0 Å². The first kappa shape index (κ1) is 15.0. The second kappa shape index (κ2) is 6.39. The maximum Gasteiger partial charge on any atom is 0.310 e. The number of ether oxygens (including phenoxy) is 1. The van der Waals surface area contributed by atoms with Crippen LogP contribution in [0, 0.1) is 12.7 Å². The highest BCUT2D eigenvalue weighted by molar-refractivity contribution is 5.75. The quantitative estimate of drug-likeness (QED) is 0.907. The minimum atomic E-state index is -0.853. The maximum absolute atomic E-state index is 13.4. The van der Waals surface area contributed by atoms with Gasteiger partial charge in [0.05, 0.1) is 5.92 Å². The Balaban J connectivity index is 2.00. The molecule has 0 fully saturated rings. The summed E-state index contributed by atoms with van der Waals surface area (Å²) in [5, 5.41) is 8.94. The van der Waals surface area contributed by atoms with E-state index in [0.717, 1.165) is 11.1 Å². The first-order chi connectivity index (χ1) is 9.97. The number of hydrogen-bond acceptors (Lipinski definition) is 2.